The molecule has 3 rings (SSSR count). The Kier molecular flexibility index (Phi) is 1.82. The Balaban J connectivity index is 2.18. The number of aromatic nitrogens is 3. The molecule has 1 N–H and O–H groups in total. The molecule has 0 aliphatic heterocycles. The number of hydrogen-bond acceptors (Lipinski definition) is 2. The molecule has 0 saturated heterocycles. The average molecular weight is 215 g/mol. The molecule has 2 aromatic heterocycles. The van der Waals surface area contributed by atoms with E-state index in [0.29, 0.717) is 0 Å². The number of fused-ring (bicyclic) bond motifs is 1. The second-order valence-electron chi connectivity index (χ2n) is 3.40. The Morgan fingerprint density at radius 1 is 1.20 bits per heavy atom. The molecule has 0 aliphatic rings. The lowest BCUT2D eigenvalue weighted by Crippen LogP contribution is -1.82. The Labute approximate surface area is 92.3 Å². The Morgan fingerprint density at radius 2 is 2.13 bits per heavy atom. The number of aromatic amines is 1. The summed E-state index contributed by atoms with van der Waals surface area (Å²) in [7, 11) is 0. The van der Waals surface area contributed by atoms with Gasteiger partial charge in [0, 0.05) is 23.5 Å². The Bertz CT molecular complexity index is 609. The van der Waals surface area contributed by atoms with Gasteiger partial charge in [-0.1, -0.05) is 12.1 Å². The van der Waals surface area contributed by atoms with E-state index in [1.165, 1.54) is 9.47 Å². The predicted octanol–water partition coefficient (Wildman–Crippen LogP) is 2.72. The standard InChI is InChI=1S/C11H9N3S/c15-14-6-4-10(13-14)9-2-1-8-3-5-12-11(8)7-9/h1-7,12,15H. The van der Waals surface area contributed by atoms with E-state index in [1.807, 2.05) is 18.5 Å². The van der Waals surface area contributed by atoms with Gasteiger partial charge in [0.2, 0.25) is 0 Å². The monoisotopic (exact) mass is 215 g/mol. The van der Waals surface area contributed by atoms with Gasteiger partial charge in [0.1, 0.15) is 0 Å². The molecule has 0 radical (unpaired) electrons. The summed E-state index contributed by atoms with van der Waals surface area (Å²) in [5.41, 5.74) is 3.15. The number of H-pyrrole nitrogens is 1. The van der Waals surface area contributed by atoms with Gasteiger partial charge in [-0.25, -0.2) is 4.09 Å². The first kappa shape index (κ1) is 8.61. The van der Waals surface area contributed by atoms with Crippen molar-refractivity contribution in [3.05, 3.63) is 42.7 Å². The summed E-state index contributed by atoms with van der Waals surface area (Å²) in [6, 6.07) is 10.2. The molecule has 0 amide bonds. The lowest BCUT2D eigenvalue weighted by Gasteiger charge is -1.96. The first-order valence-corrected chi connectivity index (χ1v) is 5.05. The van der Waals surface area contributed by atoms with Crippen molar-refractivity contribution in [2.45, 2.75) is 0 Å². The van der Waals surface area contributed by atoms with Crippen LogP contribution >= 0.6 is 12.8 Å². The number of thiol groups is 1. The van der Waals surface area contributed by atoms with Gasteiger partial charge in [-0.3, -0.25) is 0 Å². The Hall–Kier alpha value is -1.68. The van der Waals surface area contributed by atoms with Gasteiger partial charge in [-0.05, 0) is 36.4 Å². The zero-order valence-corrected chi connectivity index (χ0v) is 8.78. The van der Waals surface area contributed by atoms with Gasteiger partial charge < -0.3 is 4.98 Å². The zero-order valence-electron chi connectivity index (χ0n) is 7.88. The third-order valence-corrected chi connectivity index (χ3v) is 2.65. The van der Waals surface area contributed by atoms with E-state index < -0.39 is 0 Å². The molecule has 4 heteroatoms. The summed E-state index contributed by atoms with van der Waals surface area (Å²) >= 11 is 4.11. The van der Waals surface area contributed by atoms with Crippen LogP contribution in [0.15, 0.2) is 42.7 Å². The van der Waals surface area contributed by atoms with Crippen molar-refractivity contribution in [2.75, 3.05) is 0 Å². The fourth-order valence-electron chi connectivity index (χ4n) is 1.68. The molecule has 0 spiro atoms. The SMILES string of the molecule is Sn1ccc(-c2ccc3cc[nH]c3c2)n1. The zero-order chi connectivity index (χ0) is 10.3. The third kappa shape index (κ3) is 1.43. The second-order valence-corrected chi connectivity index (χ2v) is 3.81. The van der Waals surface area contributed by atoms with Crippen LogP contribution in [0.3, 0.4) is 0 Å². The summed E-state index contributed by atoms with van der Waals surface area (Å²) in [6.45, 7) is 0. The molecule has 0 unspecified atom stereocenters. The molecule has 0 saturated carbocycles. The van der Waals surface area contributed by atoms with Crippen LogP contribution in [0.5, 0.6) is 0 Å². The van der Waals surface area contributed by atoms with Crippen LogP contribution in [-0.4, -0.2) is 14.2 Å². The van der Waals surface area contributed by atoms with Crippen LogP contribution in [0.2, 0.25) is 0 Å². The molecule has 74 valence electrons. The number of nitrogens with zero attached hydrogens (tertiary/aromatic N) is 2. The average Bonchev–Trinajstić information content (AvgIpc) is 2.84. The fourth-order valence-corrected chi connectivity index (χ4v) is 1.84. The summed E-state index contributed by atoms with van der Waals surface area (Å²) in [6.07, 6.45) is 3.75. The van der Waals surface area contributed by atoms with E-state index in [1.54, 1.807) is 0 Å². The molecule has 0 fully saturated rings. The third-order valence-electron chi connectivity index (χ3n) is 2.43. The quantitative estimate of drug-likeness (QED) is 0.601. The van der Waals surface area contributed by atoms with Crippen molar-refractivity contribution in [3.63, 3.8) is 0 Å². The van der Waals surface area contributed by atoms with Crippen LogP contribution in [0, 0.1) is 0 Å². The topological polar surface area (TPSA) is 33.6 Å². The maximum Gasteiger partial charge on any atom is 0.0934 e. The van der Waals surface area contributed by atoms with Crippen LogP contribution in [-0.2, 0) is 0 Å². The first-order chi connectivity index (χ1) is 7.33. The second kappa shape index (κ2) is 3.17. The minimum atomic E-state index is 0.932. The van der Waals surface area contributed by atoms with E-state index in [0.717, 1.165) is 16.8 Å². The number of rotatable bonds is 1. The molecule has 0 bridgehead atoms. The highest BCUT2D eigenvalue weighted by Crippen LogP contribution is 2.22. The maximum absolute atomic E-state index is 4.24. The largest absolute Gasteiger partial charge is 0.361 e. The van der Waals surface area contributed by atoms with Gasteiger partial charge in [0.05, 0.1) is 5.69 Å². The number of hydrogen-bond donors (Lipinski definition) is 2. The van der Waals surface area contributed by atoms with E-state index in [2.05, 4.69) is 47.2 Å². The van der Waals surface area contributed by atoms with E-state index in [9.17, 15) is 0 Å². The van der Waals surface area contributed by atoms with Gasteiger partial charge in [-0.2, -0.15) is 5.10 Å². The van der Waals surface area contributed by atoms with Gasteiger partial charge >= 0.3 is 0 Å². The van der Waals surface area contributed by atoms with Crippen LogP contribution in [0.1, 0.15) is 0 Å². The molecule has 3 aromatic rings. The van der Waals surface area contributed by atoms with Crippen molar-refractivity contribution in [2.24, 2.45) is 0 Å². The minimum absolute atomic E-state index is 0.932. The van der Waals surface area contributed by atoms with Crippen molar-refractivity contribution < 1.29 is 0 Å². The summed E-state index contributed by atoms with van der Waals surface area (Å²) in [5.74, 6) is 0. The number of nitrogens with one attached hydrogen (secondary N) is 1. The lowest BCUT2D eigenvalue weighted by molar-refractivity contribution is 1.02. The van der Waals surface area contributed by atoms with Crippen molar-refractivity contribution in [1.29, 1.82) is 0 Å². The highest BCUT2D eigenvalue weighted by molar-refractivity contribution is 7.78. The van der Waals surface area contributed by atoms with Gasteiger partial charge in [-0.15, -0.1) is 0 Å². The van der Waals surface area contributed by atoms with Crippen molar-refractivity contribution in [3.8, 4) is 11.3 Å². The van der Waals surface area contributed by atoms with Crippen molar-refractivity contribution in [1.82, 2.24) is 14.2 Å². The summed E-state index contributed by atoms with van der Waals surface area (Å²) < 4.78 is 1.51. The van der Waals surface area contributed by atoms with E-state index >= 15 is 0 Å². The molecule has 2 heterocycles. The molecule has 15 heavy (non-hydrogen) atoms. The molecule has 0 aliphatic carbocycles. The fraction of sp³-hybridized carbons (Fsp3) is 0. The van der Waals surface area contributed by atoms with Gasteiger partial charge in [0.25, 0.3) is 0 Å². The number of benzene rings is 1. The normalized spacial score (nSPS) is 11.0. The predicted molar refractivity (Wildman–Crippen MR) is 63.9 cm³/mol. The molecule has 1 aromatic carbocycles. The molecule has 0 atom stereocenters. The summed E-state index contributed by atoms with van der Waals surface area (Å²) in [4.78, 5) is 3.18. The highest BCUT2D eigenvalue weighted by Gasteiger charge is 2.02. The van der Waals surface area contributed by atoms with Gasteiger partial charge in [0.15, 0.2) is 0 Å². The molecular formula is C11H9N3S. The maximum atomic E-state index is 4.24. The lowest BCUT2D eigenvalue weighted by atomic mass is 10.1. The first-order valence-electron chi connectivity index (χ1n) is 4.65. The highest BCUT2D eigenvalue weighted by atomic mass is 32.1. The minimum Gasteiger partial charge on any atom is -0.361 e. The molecular weight excluding hydrogens is 206 g/mol. The van der Waals surface area contributed by atoms with E-state index in [4.69, 9.17) is 0 Å². The smallest absolute Gasteiger partial charge is 0.0934 e. The van der Waals surface area contributed by atoms with Crippen molar-refractivity contribution >= 4 is 23.7 Å². The van der Waals surface area contributed by atoms with Crippen LogP contribution in [0.4, 0.5) is 0 Å². The summed E-state index contributed by atoms with van der Waals surface area (Å²) in [5, 5.41) is 5.45. The van der Waals surface area contributed by atoms with E-state index in [-0.39, 0.29) is 0 Å². The van der Waals surface area contributed by atoms with Crippen LogP contribution in [0.25, 0.3) is 22.2 Å². The Morgan fingerprint density at radius 3 is 2.93 bits per heavy atom. The van der Waals surface area contributed by atoms with Crippen LogP contribution < -0.4 is 0 Å². The molecule has 3 nitrogen and oxygen atoms in total.